The van der Waals surface area contributed by atoms with E-state index in [4.69, 9.17) is 13.9 Å². The van der Waals surface area contributed by atoms with E-state index in [0.717, 1.165) is 51.6 Å². The largest absolute Gasteiger partial charge is 0.496 e. The number of piperidine rings is 1. The van der Waals surface area contributed by atoms with Gasteiger partial charge in [0.2, 0.25) is 5.91 Å². The van der Waals surface area contributed by atoms with Crippen LogP contribution in [0.15, 0.2) is 41.0 Å². The Morgan fingerprint density at radius 3 is 2.64 bits per heavy atom. The van der Waals surface area contributed by atoms with Crippen LogP contribution in [-0.4, -0.2) is 43.6 Å². The predicted molar refractivity (Wildman–Crippen MR) is 142 cm³/mol. The van der Waals surface area contributed by atoms with Crippen LogP contribution in [0.25, 0.3) is 27.7 Å². The molecule has 2 heterocycles. The Labute approximate surface area is 212 Å². The zero-order chi connectivity index (χ0) is 26.0. The van der Waals surface area contributed by atoms with Gasteiger partial charge in [-0.05, 0) is 70.2 Å². The maximum atomic E-state index is 13.2. The minimum absolute atomic E-state index is 0.108. The highest BCUT2D eigenvalue weighted by Crippen LogP contribution is 2.41. The molecule has 1 amide bonds. The first kappa shape index (κ1) is 25.5. The van der Waals surface area contributed by atoms with Crippen LogP contribution in [0.2, 0.25) is 0 Å². The first-order valence-electron chi connectivity index (χ1n) is 12.6. The van der Waals surface area contributed by atoms with Crippen molar-refractivity contribution in [2.24, 2.45) is 5.92 Å². The molecule has 0 saturated carbocycles. The van der Waals surface area contributed by atoms with Crippen molar-refractivity contribution in [3.63, 3.8) is 0 Å². The number of hydrogen-bond donors (Lipinski definition) is 0. The first-order valence-corrected chi connectivity index (χ1v) is 12.6. The van der Waals surface area contributed by atoms with Gasteiger partial charge in [0.1, 0.15) is 11.3 Å². The Hall–Kier alpha value is -3.54. The standard InChI is InChI=1S/C30H35NO5/c1-7-35-30(33)22-9-8-12-31(16-22)27(32)14-20(4)24-15-25-26(23-11-10-18(2)13-19(23)3)17-36-29(25)21(5)28(24)34-6/h10-11,13-15,17,22H,7-9,12,16H2,1-6H3/b20-14+. The highest BCUT2D eigenvalue weighted by molar-refractivity contribution is 6.02. The molecular formula is C30H35NO5. The number of aryl methyl sites for hydroxylation is 3. The number of nitrogens with zero attached hydrogens (tertiary/aromatic N) is 1. The second-order valence-corrected chi connectivity index (χ2v) is 9.63. The van der Waals surface area contributed by atoms with Crippen molar-refractivity contribution >= 4 is 28.4 Å². The number of allylic oxidation sites excluding steroid dienone is 1. The number of benzene rings is 2. The number of likely N-dealkylation sites (tertiary alicyclic amines) is 1. The van der Waals surface area contributed by atoms with Crippen LogP contribution < -0.4 is 4.74 Å². The molecule has 36 heavy (non-hydrogen) atoms. The zero-order valence-electron chi connectivity index (χ0n) is 22.1. The molecule has 4 rings (SSSR count). The molecule has 1 aliphatic heterocycles. The molecule has 3 aromatic rings. The number of hydrogen-bond acceptors (Lipinski definition) is 5. The van der Waals surface area contributed by atoms with E-state index in [0.29, 0.717) is 25.4 Å². The number of methoxy groups -OCH3 is 1. The summed E-state index contributed by atoms with van der Waals surface area (Å²) in [6.07, 6.45) is 4.97. The van der Waals surface area contributed by atoms with E-state index in [-0.39, 0.29) is 17.8 Å². The third kappa shape index (κ3) is 4.90. The molecule has 6 heteroatoms. The van der Waals surface area contributed by atoms with Gasteiger partial charge in [-0.1, -0.05) is 23.8 Å². The summed E-state index contributed by atoms with van der Waals surface area (Å²) in [6.45, 7) is 11.2. The maximum Gasteiger partial charge on any atom is 0.310 e. The van der Waals surface area contributed by atoms with Crippen molar-refractivity contribution in [2.75, 3.05) is 26.8 Å². The summed E-state index contributed by atoms with van der Waals surface area (Å²) in [7, 11) is 1.63. The van der Waals surface area contributed by atoms with Crippen LogP contribution in [0, 0.1) is 26.7 Å². The Kier molecular flexibility index (Phi) is 7.53. The van der Waals surface area contributed by atoms with Crippen LogP contribution in [0.4, 0.5) is 0 Å². The SMILES string of the molecule is CCOC(=O)C1CCCN(C(=O)/C=C(\C)c2cc3c(-c4ccc(C)cc4C)coc3c(C)c2OC)C1. The smallest absolute Gasteiger partial charge is 0.310 e. The van der Waals surface area contributed by atoms with Gasteiger partial charge in [-0.2, -0.15) is 0 Å². The molecule has 1 unspecified atom stereocenters. The molecule has 0 radical (unpaired) electrons. The molecule has 0 spiro atoms. The number of amides is 1. The van der Waals surface area contributed by atoms with E-state index in [1.54, 1.807) is 31.3 Å². The number of rotatable bonds is 6. The van der Waals surface area contributed by atoms with Gasteiger partial charge in [0, 0.05) is 41.2 Å². The van der Waals surface area contributed by atoms with Gasteiger partial charge >= 0.3 is 5.97 Å². The van der Waals surface area contributed by atoms with Crippen LogP contribution in [0.5, 0.6) is 5.75 Å². The third-order valence-electron chi connectivity index (χ3n) is 7.04. The highest BCUT2D eigenvalue weighted by Gasteiger charge is 2.29. The normalized spacial score (nSPS) is 16.3. The summed E-state index contributed by atoms with van der Waals surface area (Å²) in [5.41, 5.74) is 7.83. The lowest BCUT2D eigenvalue weighted by Crippen LogP contribution is -2.42. The maximum absolute atomic E-state index is 13.2. The summed E-state index contributed by atoms with van der Waals surface area (Å²) >= 11 is 0. The number of carbonyl (C=O) groups is 2. The molecule has 1 aromatic heterocycles. The number of esters is 1. The van der Waals surface area contributed by atoms with Crippen molar-refractivity contribution in [2.45, 2.75) is 47.5 Å². The van der Waals surface area contributed by atoms with E-state index >= 15 is 0 Å². The van der Waals surface area contributed by atoms with Gasteiger partial charge < -0.3 is 18.8 Å². The highest BCUT2D eigenvalue weighted by atomic mass is 16.5. The van der Waals surface area contributed by atoms with Crippen molar-refractivity contribution in [1.29, 1.82) is 0 Å². The molecule has 1 fully saturated rings. The Morgan fingerprint density at radius 1 is 1.17 bits per heavy atom. The van der Waals surface area contributed by atoms with Crippen LogP contribution in [-0.2, 0) is 14.3 Å². The lowest BCUT2D eigenvalue weighted by Gasteiger charge is -2.31. The Morgan fingerprint density at radius 2 is 1.94 bits per heavy atom. The van der Waals surface area contributed by atoms with Crippen LogP contribution in [0.1, 0.15) is 48.9 Å². The molecule has 190 valence electrons. The quantitative estimate of drug-likeness (QED) is 0.303. The van der Waals surface area contributed by atoms with Gasteiger partial charge in [-0.25, -0.2) is 0 Å². The van der Waals surface area contributed by atoms with E-state index < -0.39 is 0 Å². The number of ether oxygens (including phenoxy) is 2. The second-order valence-electron chi connectivity index (χ2n) is 9.63. The summed E-state index contributed by atoms with van der Waals surface area (Å²) in [5, 5.41) is 0.982. The molecule has 1 aliphatic rings. The van der Waals surface area contributed by atoms with Gasteiger partial charge in [0.15, 0.2) is 0 Å². The average Bonchev–Trinajstić information content (AvgIpc) is 3.28. The van der Waals surface area contributed by atoms with Crippen molar-refractivity contribution in [1.82, 2.24) is 4.90 Å². The lowest BCUT2D eigenvalue weighted by atomic mass is 9.94. The molecule has 2 aromatic carbocycles. The molecule has 0 aliphatic carbocycles. The van der Waals surface area contributed by atoms with Gasteiger partial charge in [0.05, 0.1) is 25.9 Å². The second kappa shape index (κ2) is 10.6. The summed E-state index contributed by atoms with van der Waals surface area (Å²) in [4.78, 5) is 27.2. The monoisotopic (exact) mass is 489 g/mol. The predicted octanol–water partition coefficient (Wildman–Crippen LogP) is 6.24. The minimum Gasteiger partial charge on any atom is -0.496 e. The first-order chi connectivity index (χ1) is 17.2. The fourth-order valence-electron chi connectivity index (χ4n) is 5.18. The number of carbonyl (C=O) groups excluding carboxylic acids is 2. The fraction of sp³-hybridized carbons (Fsp3) is 0.400. The molecule has 1 saturated heterocycles. The zero-order valence-corrected chi connectivity index (χ0v) is 22.1. The van der Waals surface area contributed by atoms with Crippen LogP contribution in [0.3, 0.4) is 0 Å². The van der Waals surface area contributed by atoms with E-state index in [1.165, 1.54) is 11.1 Å². The van der Waals surface area contributed by atoms with Gasteiger partial charge in [-0.15, -0.1) is 0 Å². The van der Waals surface area contributed by atoms with Crippen molar-refractivity contribution in [3.8, 4) is 16.9 Å². The molecule has 1 atom stereocenters. The minimum atomic E-state index is -0.268. The lowest BCUT2D eigenvalue weighted by molar-refractivity contribution is -0.150. The summed E-state index contributed by atoms with van der Waals surface area (Å²) < 4.78 is 17.0. The van der Waals surface area contributed by atoms with Crippen molar-refractivity contribution < 1.29 is 23.5 Å². The Bertz CT molecular complexity index is 1330. The number of furan rings is 1. The topological polar surface area (TPSA) is 69.0 Å². The fourth-order valence-corrected chi connectivity index (χ4v) is 5.18. The molecule has 0 bridgehead atoms. The van der Waals surface area contributed by atoms with E-state index in [1.807, 2.05) is 13.8 Å². The van der Waals surface area contributed by atoms with E-state index in [9.17, 15) is 9.59 Å². The molecular weight excluding hydrogens is 454 g/mol. The number of fused-ring (bicyclic) bond motifs is 1. The Balaban J connectivity index is 1.71. The van der Waals surface area contributed by atoms with Gasteiger partial charge in [-0.3, -0.25) is 9.59 Å². The average molecular weight is 490 g/mol. The van der Waals surface area contributed by atoms with Crippen LogP contribution >= 0.6 is 0 Å². The van der Waals surface area contributed by atoms with Gasteiger partial charge in [0.25, 0.3) is 0 Å². The summed E-state index contributed by atoms with van der Waals surface area (Å²) in [5.74, 6) is 0.0878. The molecule has 0 N–H and O–H groups in total. The van der Waals surface area contributed by atoms with E-state index in [2.05, 4.69) is 38.1 Å². The van der Waals surface area contributed by atoms with Crippen molar-refractivity contribution in [3.05, 3.63) is 58.9 Å². The third-order valence-corrected chi connectivity index (χ3v) is 7.04. The molecule has 6 nitrogen and oxygen atoms in total. The summed E-state index contributed by atoms with van der Waals surface area (Å²) in [6, 6.07) is 8.44.